The Labute approximate surface area is 113 Å². The van der Waals surface area contributed by atoms with Crippen molar-refractivity contribution in [2.45, 2.75) is 46.1 Å². The molecule has 4 heteroatoms. The molecule has 19 heavy (non-hydrogen) atoms. The summed E-state index contributed by atoms with van der Waals surface area (Å²) < 4.78 is 0. The van der Waals surface area contributed by atoms with E-state index >= 15 is 0 Å². The van der Waals surface area contributed by atoms with Crippen LogP contribution in [0.2, 0.25) is 0 Å². The SMILES string of the molecule is CC(C)(C)[C@H](NC(=O)C1C2C3CCC(C3)C12)C(=O)O. The molecule has 1 amide bonds. The zero-order valence-corrected chi connectivity index (χ0v) is 11.8. The first-order valence-corrected chi connectivity index (χ1v) is 7.34. The second kappa shape index (κ2) is 3.97. The van der Waals surface area contributed by atoms with Crippen LogP contribution in [0.3, 0.4) is 0 Å². The normalized spacial score (nSPS) is 40.7. The van der Waals surface area contributed by atoms with Gasteiger partial charge in [0.2, 0.25) is 5.91 Å². The summed E-state index contributed by atoms with van der Waals surface area (Å²) in [7, 11) is 0. The summed E-state index contributed by atoms with van der Waals surface area (Å²) in [5, 5.41) is 12.0. The van der Waals surface area contributed by atoms with Crippen molar-refractivity contribution in [3.05, 3.63) is 0 Å². The fraction of sp³-hybridized carbons (Fsp3) is 0.867. The first-order chi connectivity index (χ1) is 8.80. The molecule has 4 unspecified atom stereocenters. The number of carbonyl (C=O) groups excluding carboxylic acids is 1. The van der Waals surface area contributed by atoms with E-state index < -0.39 is 17.4 Å². The second-order valence-electron chi connectivity index (χ2n) is 7.66. The zero-order chi connectivity index (χ0) is 13.9. The largest absolute Gasteiger partial charge is 0.480 e. The summed E-state index contributed by atoms with van der Waals surface area (Å²) in [5.74, 6) is 1.76. The summed E-state index contributed by atoms with van der Waals surface area (Å²) in [6.07, 6.45) is 3.86. The molecule has 2 bridgehead atoms. The van der Waals surface area contributed by atoms with Crippen LogP contribution in [0.5, 0.6) is 0 Å². The second-order valence-corrected chi connectivity index (χ2v) is 7.66. The molecule has 0 radical (unpaired) electrons. The Hall–Kier alpha value is -1.06. The first-order valence-electron chi connectivity index (χ1n) is 7.34. The monoisotopic (exact) mass is 265 g/mol. The van der Waals surface area contributed by atoms with E-state index in [1.807, 2.05) is 20.8 Å². The minimum absolute atomic E-state index is 0.0195. The zero-order valence-electron chi connectivity index (χ0n) is 11.8. The summed E-state index contributed by atoms with van der Waals surface area (Å²) in [4.78, 5) is 23.6. The van der Waals surface area contributed by atoms with Gasteiger partial charge >= 0.3 is 5.97 Å². The third-order valence-electron chi connectivity index (χ3n) is 5.44. The van der Waals surface area contributed by atoms with Gasteiger partial charge in [0.1, 0.15) is 6.04 Å². The average Bonchev–Trinajstić information content (AvgIpc) is 2.73. The van der Waals surface area contributed by atoms with Crippen molar-refractivity contribution < 1.29 is 14.7 Å². The molecule has 3 saturated carbocycles. The predicted octanol–water partition coefficient (Wildman–Crippen LogP) is 1.89. The maximum Gasteiger partial charge on any atom is 0.326 e. The molecule has 0 aromatic rings. The van der Waals surface area contributed by atoms with E-state index in [1.54, 1.807) is 0 Å². The van der Waals surface area contributed by atoms with Crippen molar-refractivity contribution in [1.82, 2.24) is 5.32 Å². The number of aliphatic carboxylic acids is 1. The number of carboxylic acids is 1. The van der Waals surface area contributed by atoms with Crippen LogP contribution in [-0.4, -0.2) is 23.0 Å². The van der Waals surface area contributed by atoms with Gasteiger partial charge in [-0.15, -0.1) is 0 Å². The Bertz CT molecular complexity index is 410. The Morgan fingerprint density at radius 1 is 1.16 bits per heavy atom. The number of carbonyl (C=O) groups is 2. The number of nitrogens with one attached hydrogen (secondary N) is 1. The maximum atomic E-state index is 12.3. The Morgan fingerprint density at radius 3 is 2.11 bits per heavy atom. The van der Waals surface area contributed by atoms with Crippen molar-refractivity contribution in [2.75, 3.05) is 0 Å². The van der Waals surface area contributed by atoms with Gasteiger partial charge in [-0.05, 0) is 48.3 Å². The van der Waals surface area contributed by atoms with E-state index in [1.165, 1.54) is 19.3 Å². The van der Waals surface area contributed by atoms with Crippen LogP contribution in [0.25, 0.3) is 0 Å². The molecule has 106 valence electrons. The van der Waals surface area contributed by atoms with Crippen LogP contribution in [0, 0.1) is 35.0 Å². The lowest BCUT2D eigenvalue weighted by Gasteiger charge is -2.28. The van der Waals surface area contributed by atoms with E-state index in [9.17, 15) is 14.7 Å². The van der Waals surface area contributed by atoms with Crippen LogP contribution >= 0.6 is 0 Å². The lowest BCUT2D eigenvalue weighted by Crippen LogP contribution is -2.50. The van der Waals surface area contributed by atoms with Gasteiger partial charge in [0.25, 0.3) is 0 Å². The molecule has 0 spiro atoms. The smallest absolute Gasteiger partial charge is 0.326 e. The van der Waals surface area contributed by atoms with Crippen molar-refractivity contribution in [3.8, 4) is 0 Å². The van der Waals surface area contributed by atoms with E-state index in [4.69, 9.17) is 0 Å². The highest BCUT2D eigenvalue weighted by Gasteiger charge is 2.67. The molecule has 0 aromatic heterocycles. The highest BCUT2D eigenvalue weighted by Crippen LogP contribution is 2.69. The highest BCUT2D eigenvalue weighted by molar-refractivity contribution is 5.87. The molecule has 0 aliphatic heterocycles. The summed E-state index contributed by atoms with van der Waals surface area (Å²) in [6.45, 7) is 5.55. The summed E-state index contributed by atoms with van der Waals surface area (Å²) in [6, 6.07) is -0.793. The van der Waals surface area contributed by atoms with Crippen LogP contribution in [0.1, 0.15) is 40.0 Å². The number of rotatable bonds is 3. The van der Waals surface area contributed by atoms with Crippen molar-refractivity contribution >= 4 is 11.9 Å². The van der Waals surface area contributed by atoms with E-state index in [2.05, 4.69) is 5.32 Å². The molecule has 0 heterocycles. The fourth-order valence-electron chi connectivity index (χ4n) is 4.56. The summed E-state index contributed by atoms with van der Waals surface area (Å²) in [5.41, 5.74) is -0.454. The average molecular weight is 265 g/mol. The third kappa shape index (κ3) is 1.96. The Kier molecular flexibility index (Phi) is 2.70. The lowest BCUT2D eigenvalue weighted by molar-refractivity contribution is -0.145. The topological polar surface area (TPSA) is 66.4 Å². The van der Waals surface area contributed by atoms with Gasteiger partial charge < -0.3 is 10.4 Å². The van der Waals surface area contributed by atoms with Gasteiger partial charge in [-0.25, -0.2) is 4.79 Å². The molecule has 3 rings (SSSR count). The van der Waals surface area contributed by atoms with Crippen molar-refractivity contribution in [3.63, 3.8) is 0 Å². The minimum Gasteiger partial charge on any atom is -0.480 e. The van der Waals surface area contributed by atoms with E-state index in [0.717, 1.165) is 11.8 Å². The predicted molar refractivity (Wildman–Crippen MR) is 70.3 cm³/mol. The minimum atomic E-state index is -0.936. The standard InChI is InChI=1S/C15H23NO3/c1-15(2,3)12(14(18)19)16-13(17)11-9-7-4-5-8(6-7)10(9)11/h7-12H,4-6H2,1-3H3,(H,16,17)(H,18,19)/t7?,8?,9?,10?,11?,12-/m1/s1. The highest BCUT2D eigenvalue weighted by atomic mass is 16.4. The van der Waals surface area contributed by atoms with Gasteiger partial charge in [0.15, 0.2) is 0 Å². The molecular weight excluding hydrogens is 242 g/mol. The van der Waals surface area contributed by atoms with Crippen LogP contribution in [0.15, 0.2) is 0 Å². The molecule has 0 aromatic carbocycles. The molecule has 3 aliphatic carbocycles. The molecule has 5 atom stereocenters. The van der Waals surface area contributed by atoms with E-state index in [0.29, 0.717) is 11.8 Å². The molecule has 2 N–H and O–H groups in total. The number of hydrogen-bond acceptors (Lipinski definition) is 2. The van der Waals surface area contributed by atoms with Crippen LogP contribution < -0.4 is 5.32 Å². The van der Waals surface area contributed by atoms with Crippen molar-refractivity contribution in [2.24, 2.45) is 35.0 Å². The maximum absolute atomic E-state index is 12.3. The van der Waals surface area contributed by atoms with Crippen LogP contribution in [-0.2, 0) is 9.59 Å². The van der Waals surface area contributed by atoms with Gasteiger partial charge in [-0.3, -0.25) is 4.79 Å². The fourth-order valence-corrected chi connectivity index (χ4v) is 4.56. The van der Waals surface area contributed by atoms with Gasteiger partial charge in [0, 0.05) is 5.92 Å². The molecule has 0 saturated heterocycles. The van der Waals surface area contributed by atoms with Gasteiger partial charge in [-0.2, -0.15) is 0 Å². The van der Waals surface area contributed by atoms with Crippen LogP contribution in [0.4, 0.5) is 0 Å². The number of hydrogen-bond donors (Lipinski definition) is 2. The third-order valence-corrected chi connectivity index (χ3v) is 5.44. The number of amides is 1. The number of fused-ring (bicyclic) bond motifs is 5. The quantitative estimate of drug-likeness (QED) is 0.819. The van der Waals surface area contributed by atoms with Gasteiger partial charge in [-0.1, -0.05) is 20.8 Å². The summed E-state index contributed by atoms with van der Waals surface area (Å²) >= 11 is 0. The molecular formula is C15H23NO3. The Morgan fingerprint density at radius 2 is 1.68 bits per heavy atom. The van der Waals surface area contributed by atoms with Gasteiger partial charge in [0.05, 0.1) is 0 Å². The van der Waals surface area contributed by atoms with E-state index in [-0.39, 0.29) is 11.8 Å². The van der Waals surface area contributed by atoms with Crippen molar-refractivity contribution in [1.29, 1.82) is 0 Å². The lowest BCUT2D eigenvalue weighted by atomic mass is 9.86. The molecule has 3 aliphatic rings. The number of carboxylic acid groups (broad SMARTS) is 1. The molecule has 4 nitrogen and oxygen atoms in total. The Balaban J connectivity index is 1.65. The first kappa shape index (κ1) is 12.9. The molecule has 3 fully saturated rings.